The summed E-state index contributed by atoms with van der Waals surface area (Å²) >= 11 is 0. The molecule has 1 aromatic heterocycles. The molecule has 27 heavy (non-hydrogen) atoms. The maximum absolute atomic E-state index is 12.9. The van der Waals surface area contributed by atoms with Crippen molar-refractivity contribution in [1.82, 2.24) is 15.5 Å². The van der Waals surface area contributed by atoms with Gasteiger partial charge in [-0.2, -0.15) is 4.98 Å². The lowest BCUT2D eigenvalue weighted by atomic mass is 9.96. The van der Waals surface area contributed by atoms with Gasteiger partial charge in [-0.1, -0.05) is 42.3 Å². The number of rotatable bonds is 5. The lowest BCUT2D eigenvalue weighted by molar-refractivity contribution is 0.0891. The molecule has 1 heterocycles. The third kappa shape index (κ3) is 3.69. The number of hydrogen-bond acceptors (Lipinski definition) is 5. The second-order valence-corrected chi connectivity index (χ2v) is 6.82. The van der Waals surface area contributed by atoms with Gasteiger partial charge in [0, 0.05) is 12.5 Å². The van der Waals surface area contributed by atoms with Crippen LogP contribution in [0, 0.1) is 6.92 Å². The molecule has 0 unspecified atom stereocenters. The van der Waals surface area contributed by atoms with Crippen molar-refractivity contribution < 1.29 is 14.1 Å². The zero-order valence-electron chi connectivity index (χ0n) is 15.1. The average Bonchev–Trinajstić information content (AvgIpc) is 3.33. The van der Waals surface area contributed by atoms with Crippen molar-refractivity contribution in [3.8, 4) is 11.5 Å². The molecule has 3 aromatic rings. The summed E-state index contributed by atoms with van der Waals surface area (Å²) in [5.41, 5.74) is -0.0274. The van der Waals surface area contributed by atoms with Crippen LogP contribution in [0.1, 0.15) is 47.8 Å². The largest absolute Gasteiger partial charge is 0.457 e. The molecule has 0 radical (unpaired) electrons. The fourth-order valence-electron chi connectivity index (χ4n) is 3.49. The third-order valence-electron chi connectivity index (χ3n) is 4.84. The summed E-state index contributed by atoms with van der Waals surface area (Å²) in [5.74, 6) is 2.23. The van der Waals surface area contributed by atoms with Gasteiger partial charge in [0.05, 0.1) is 0 Å². The number of nitrogens with zero attached hydrogens (tertiary/aromatic N) is 2. The number of amides is 1. The number of carbonyl (C=O) groups excluding carboxylic acids is 1. The molecule has 1 aliphatic carbocycles. The van der Waals surface area contributed by atoms with E-state index >= 15 is 0 Å². The third-order valence-corrected chi connectivity index (χ3v) is 4.84. The highest BCUT2D eigenvalue weighted by Crippen LogP contribution is 2.37. The van der Waals surface area contributed by atoms with E-state index in [1.165, 1.54) is 0 Å². The van der Waals surface area contributed by atoms with Gasteiger partial charge in [-0.15, -0.1) is 0 Å². The summed E-state index contributed by atoms with van der Waals surface area (Å²) < 4.78 is 11.0. The Kier molecular flexibility index (Phi) is 4.62. The van der Waals surface area contributed by atoms with E-state index in [2.05, 4.69) is 15.5 Å². The van der Waals surface area contributed by atoms with E-state index in [0.717, 1.165) is 31.4 Å². The molecular formula is C21H21N3O3. The number of carbonyl (C=O) groups is 1. The second kappa shape index (κ2) is 7.23. The first-order valence-electron chi connectivity index (χ1n) is 9.11. The van der Waals surface area contributed by atoms with Gasteiger partial charge in [0.15, 0.2) is 5.82 Å². The number of hydrogen-bond donors (Lipinski definition) is 1. The van der Waals surface area contributed by atoms with Gasteiger partial charge in [-0.05, 0) is 43.2 Å². The van der Waals surface area contributed by atoms with Crippen LogP contribution in [0.3, 0.4) is 0 Å². The molecule has 138 valence electrons. The summed E-state index contributed by atoms with van der Waals surface area (Å²) in [6.07, 6.45) is 3.64. The van der Waals surface area contributed by atoms with Crippen molar-refractivity contribution in [2.75, 3.05) is 0 Å². The number of para-hydroxylation sites is 1. The summed E-state index contributed by atoms with van der Waals surface area (Å²) in [6, 6.07) is 16.6. The van der Waals surface area contributed by atoms with Crippen molar-refractivity contribution in [2.45, 2.75) is 38.1 Å². The van der Waals surface area contributed by atoms with Crippen LogP contribution in [0.5, 0.6) is 11.5 Å². The molecule has 2 aromatic carbocycles. The Bertz CT molecular complexity index is 931. The monoisotopic (exact) mass is 363 g/mol. The van der Waals surface area contributed by atoms with Crippen LogP contribution in [0.2, 0.25) is 0 Å². The molecule has 6 heteroatoms. The van der Waals surface area contributed by atoms with Gasteiger partial charge in [-0.3, -0.25) is 4.79 Å². The number of aromatic nitrogens is 2. The highest BCUT2D eigenvalue weighted by Gasteiger charge is 2.41. The van der Waals surface area contributed by atoms with E-state index < -0.39 is 5.54 Å². The van der Waals surface area contributed by atoms with Crippen LogP contribution in [0.15, 0.2) is 59.1 Å². The molecule has 1 N–H and O–H groups in total. The van der Waals surface area contributed by atoms with Crippen LogP contribution in [0.25, 0.3) is 0 Å². The Morgan fingerprint density at radius 3 is 2.52 bits per heavy atom. The van der Waals surface area contributed by atoms with E-state index in [4.69, 9.17) is 9.26 Å². The zero-order valence-corrected chi connectivity index (χ0v) is 15.1. The molecule has 0 aliphatic heterocycles. The summed E-state index contributed by atoms with van der Waals surface area (Å²) in [4.78, 5) is 17.3. The second-order valence-electron chi connectivity index (χ2n) is 6.82. The predicted molar refractivity (Wildman–Crippen MR) is 99.6 cm³/mol. The quantitative estimate of drug-likeness (QED) is 0.728. The maximum Gasteiger partial charge on any atom is 0.252 e. The molecule has 1 amide bonds. The molecule has 1 saturated carbocycles. The van der Waals surface area contributed by atoms with Gasteiger partial charge in [-0.25, -0.2) is 0 Å². The smallest absolute Gasteiger partial charge is 0.252 e. The minimum Gasteiger partial charge on any atom is -0.457 e. The molecule has 0 spiro atoms. The van der Waals surface area contributed by atoms with Gasteiger partial charge in [0.2, 0.25) is 5.89 Å². The molecular weight excluding hydrogens is 342 g/mol. The van der Waals surface area contributed by atoms with E-state index in [9.17, 15) is 4.79 Å². The minimum atomic E-state index is -0.564. The van der Waals surface area contributed by atoms with Crippen LogP contribution >= 0.6 is 0 Å². The fraction of sp³-hybridized carbons (Fsp3) is 0.286. The molecule has 1 fully saturated rings. The van der Waals surface area contributed by atoms with Gasteiger partial charge in [0.1, 0.15) is 17.0 Å². The SMILES string of the molecule is Cc1nc(C2(NC(=O)c3cccc(Oc4ccccc4)c3)CCCC2)no1. The maximum atomic E-state index is 12.9. The first-order valence-corrected chi connectivity index (χ1v) is 9.11. The van der Waals surface area contributed by atoms with Gasteiger partial charge >= 0.3 is 0 Å². The lowest BCUT2D eigenvalue weighted by Gasteiger charge is -2.26. The fourth-order valence-corrected chi connectivity index (χ4v) is 3.49. The molecule has 6 nitrogen and oxygen atoms in total. The van der Waals surface area contributed by atoms with Crippen LogP contribution in [-0.4, -0.2) is 16.0 Å². The van der Waals surface area contributed by atoms with Gasteiger partial charge in [0.25, 0.3) is 5.91 Å². The Morgan fingerprint density at radius 2 is 1.81 bits per heavy atom. The van der Waals surface area contributed by atoms with E-state index in [1.807, 2.05) is 42.5 Å². The Morgan fingerprint density at radius 1 is 1.07 bits per heavy atom. The molecule has 4 rings (SSSR count). The van der Waals surface area contributed by atoms with Crippen LogP contribution in [0.4, 0.5) is 0 Å². The average molecular weight is 363 g/mol. The first kappa shape index (κ1) is 17.3. The summed E-state index contributed by atoms with van der Waals surface area (Å²) in [6.45, 7) is 1.76. The first-order chi connectivity index (χ1) is 13.1. The van der Waals surface area contributed by atoms with Crippen LogP contribution < -0.4 is 10.1 Å². The summed E-state index contributed by atoms with van der Waals surface area (Å²) in [5, 5.41) is 7.21. The number of ether oxygens (including phenoxy) is 1. The Balaban J connectivity index is 1.54. The van der Waals surface area contributed by atoms with Crippen molar-refractivity contribution in [1.29, 1.82) is 0 Å². The Hall–Kier alpha value is -3.15. The topological polar surface area (TPSA) is 77.2 Å². The number of aryl methyl sites for hydroxylation is 1. The normalized spacial score (nSPS) is 15.4. The van der Waals surface area contributed by atoms with E-state index in [1.54, 1.807) is 19.1 Å². The van der Waals surface area contributed by atoms with Crippen molar-refractivity contribution >= 4 is 5.91 Å². The van der Waals surface area contributed by atoms with Crippen LogP contribution in [-0.2, 0) is 5.54 Å². The van der Waals surface area contributed by atoms with E-state index in [-0.39, 0.29) is 5.91 Å². The standard InChI is InChI=1S/C21H21N3O3/c1-15-22-20(24-27-15)21(12-5-6-13-21)23-19(25)16-8-7-11-18(14-16)26-17-9-3-2-4-10-17/h2-4,7-11,14H,5-6,12-13H2,1H3,(H,23,25). The number of nitrogens with one attached hydrogen (secondary N) is 1. The zero-order chi connectivity index (χ0) is 18.7. The molecule has 0 atom stereocenters. The predicted octanol–water partition coefficient (Wildman–Crippen LogP) is 4.37. The summed E-state index contributed by atoms with van der Waals surface area (Å²) in [7, 11) is 0. The minimum absolute atomic E-state index is 0.169. The van der Waals surface area contributed by atoms with Crippen molar-refractivity contribution in [3.63, 3.8) is 0 Å². The number of benzene rings is 2. The lowest BCUT2D eigenvalue weighted by Crippen LogP contribution is -2.44. The molecule has 1 aliphatic rings. The highest BCUT2D eigenvalue weighted by molar-refractivity contribution is 5.95. The van der Waals surface area contributed by atoms with E-state index in [0.29, 0.717) is 23.0 Å². The highest BCUT2D eigenvalue weighted by atomic mass is 16.5. The molecule has 0 saturated heterocycles. The molecule has 0 bridgehead atoms. The van der Waals surface area contributed by atoms with Gasteiger partial charge < -0.3 is 14.6 Å². The Labute approximate surface area is 157 Å². The van der Waals surface area contributed by atoms with Crippen molar-refractivity contribution in [3.05, 3.63) is 71.9 Å². The van der Waals surface area contributed by atoms with Crippen molar-refractivity contribution in [2.24, 2.45) is 0 Å².